The van der Waals surface area contributed by atoms with Crippen molar-refractivity contribution in [1.82, 2.24) is 0 Å². The fraction of sp³-hybridized carbons (Fsp3) is 0.533. The molecule has 0 aliphatic heterocycles. The zero-order chi connectivity index (χ0) is 14.6. The van der Waals surface area contributed by atoms with Crippen molar-refractivity contribution in [2.75, 3.05) is 13.7 Å². The Labute approximate surface area is 118 Å². The Bertz CT molecular complexity index is 492. The maximum Gasteiger partial charge on any atom is 0.125 e. The molecule has 2 rings (SSSR count). The van der Waals surface area contributed by atoms with Crippen LogP contribution in [0.25, 0.3) is 0 Å². The number of hydrogen-bond donors (Lipinski definition) is 1. The van der Waals surface area contributed by atoms with Gasteiger partial charge in [-0.2, -0.15) is 0 Å². The minimum atomic E-state index is -0.583. The van der Waals surface area contributed by atoms with Gasteiger partial charge in [-0.25, -0.2) is 4.39 Å². The van der Waals surface area contributed by atoms with Crippen LogP contribution >= 0.6 is 0 Å². The van der Waals surface area contributed by atoms with Gasteiger partial charge in [-0.15, -0.1) is 0 Å². The molecule has 0 saturated heterocycles. The normalized spacial score (nSPS) is 22.6. The highest BCUT2D eigenvalue weighted by Crippen LogP contribution is 2.43. The fourth-order valence-electron chi connectivity index (χ4n) is 2.77. The summed E-state index contributed by atoms with van der Waals surface area (Å²) in [6, 6.07) is 4.52. The molecule has 0 aromatic heterocycles. The molecule has 4 nitrogen and oxygen atoms in total. The van der Waals surface area contributed by atoms with E-state index in [4.69, 9.17) is 14.7 Å². The van der Waals surface area contributed by atoms with Crippen molar-refractivity contribution < 1.29 is 19.1 Å². The van der Waals surface area contributed by atoms with Crippen LogP contribution in [0.1, 0.15) is 38.2 Å². The van der Waals surface area contributed by atoms with E-state index in [1.165, 1.54) is 12.1 Å². The second-order valence-electron chi connectivity index (χ2n) is 4.94. The second-order valence-corrected chi connectivity index (χ2v) is 4.94. The van der Waals surface area contributed by atoms with E-state index >= 15 is 0 Å². The Morgan fingerprint density at radius 2 is 2.05 bits per heavy atom. The minimum Gasteiger partial charge on any atom is -0.493 e. The van der Waals surface area contributed by atoms with E-state index in [0.717, 1.165) is 11.3 Å². The topological polar surface area (TPSA) is 51.0 Å². The van der Waals surface area contributed by atoms with Gasteiger partial charge in [-0.3, -0.25) is 0 Å². The van der Waals surface area contributed by atoms with Crippen LogP contribution in [0.2, 0.25) is 0 Å². The number of halogens is 1. The maximum absolute atomic E-state index is 13.6. The predicted octanol–water partition coefficient (Wildman–Crippen LogP) is 3.47. The summed E-state index contributed by atoms with van der Waals surface area (Å²) in [5.41, 5.74) is 0.909. The molecule has 5 heteroatoms. The summed E-state index contributed by atoms with van der Waals surface area (Å²) in [5, 5.41) is 12.1. The molecule has 1 fully saturated rings. The van der Waals surface area contributed by atoms with Gasteiger partial charge in [0.25, 0.3) is 0 Å². The maximum atomic E-state index is 13.6. The first kappa shape index (κ1) is 14.8. The van der Waals surface area contributed by atoms with Gasteiger partial charge in [0.15, 0.2) is 0 Å². The highest BCUT2D eigenvalue weighted by atomic mass is 19.1. The van der Waals surface area contributed by atoms with Gasteiger partial charge < -0.3 is 14.7 Å². The first-order valence-corrected chi connectivity index (χ1v) is 6.83. The van der Waals surface area contributed by atoms with Crippen molar-refractivity contribution in [3.05, 3.63) is 29.6 Å². The molecule has 1 aliphatic carbocycles. The zero-order valence-electron chi connectivity index (χ0n) is 11.9. The van der Waals surface area contributed by atoms with Crippen LogP contribution in [0.5, 0.6) is 5.75 Å². The van der Waals surface area contributed by atoms with Crippen LogP contribution in [0.4, 0.5) is 4.39 Å². The van der Waals surface area contributed by atoms with Crippen LogP contribution in [-0.2, 0) is 10.3 Å². The van der Waals surface area contributed by atoms with Crippen LogP contribution in [0.3, 0.4) is 0 Å². The molecule has 1 aromatic carbocycles. The third kappa shape index (κ3) is 2.77. The standard InChI is InChI=1S/C15H20FNO3/c1-3-20-14-5-4-11(16)10-13(14)15(19-2)8-6-12(17-18)7-9-15/h4-5,10,18H,3,6-9H2,1-2H3. The summed E-state index contributed by atoms with van der Waals surface area (Å²) in [6.45, 7) is 2.41. The number of hydrogen-bond acceptors (Lipinski definition) is 4. The monoisotopic (exact) mass is 281 g/mol. The second kappa shape index (κ2) is 6.22. The molecule has 1 aliphatic rings. The van der Waals surface area contributed by atoms with Crippen LogP contribution in [0.15, 0.2) is 23.4 Å². The molecule has 0 heterocycles. The van der Waals surface area contributed by atoms with Crippen molar-refractivity contribution in [3.8, 4) is 5.75 Å². The van der Waals surface area contributed by atoms with E-state index < -0.39 is 5.60 Å². The van der Waals surface area contributed by atoms with E-state index in [-0.39, 0.29) is 5.82 Å². The number of methoxy groups -OCH3 is 1. The summed E-state index contributed by atoms with van der Waals surface area (Å²) in [5.74, 6) is 0.349. The number of benzene rings is 1. The quantitative estimate of drug-likeness (QED) is 0.679. The van der Waals surface area contributed by atoms with Gasteiger partial charge in [0.1, 0.15) is 11.6 Å². The van der Waals surface area contributed by atoms with E-state index in [1.807, 2.05) is 6.92 Å². The van der Waals surface area contributed by atoms with Crippen LogP contribution in [0, 0.1) is 5.82 Å². The summed E-state index contributed by atoms with van der Waals surface area (Å²) < 4.78 is 24.9. The van der Waals surface area contributed by atoms with Gasteiger partial charge >= 0.3 is 0 Å². The Hall–Kier alpha value is -1.62. The predicted molar refractivity (Wildman–Crippen MR) is 73.9 cm³/mol. The molecular formula is C15H20FNO3. The molecule has 0 amide bonds. The molecule has 20 heavy (non-hydrogen) atoms. The average Bonchev–Trinajstić information content (AvgIpc) is 2.49. The van der Waals surface area contributed by atoms with E-state index in [2.05, 4.69) is 5.16 Å². The van der Waals surface area contributed by atoms with E-state index in [9.17, 15) is 4.39 Å². The van der Waals surface area contributed by atoms with E-state index in [1.54, 1.807) is 13.2 Å². The molecule has 1 aromatic rings. The minimum absolute atomic E-state index is 0.304. The molecule has 1 N–H and O–H groups in total. The molecule has 0 bridgehead atoms. The first-order chi connectivity index (χ1) is 9.65. The van der Waals surface area contributed by atoms with Crippen molar-refractivity contribution in [2.24, 2.45) is 5.16 Å². The Morgan fingerprint density at radius 3 is 2.60 bits per heavy atom. The molecule has 110 valence electrons. The van der Waals surface area contributed by atoms with Crippen LogP contribution in [-0.4, -0.2) is 24.6 Å². The number of nitrogens with zero attached hydrogens (tertiary/aromatic N) is 1. The Kier molecular flexibility index (Phi) is 4.60. The lowest BCUT2D eigenvalue weighted by atomic mass is 9.78. The molecule has 0 spiro atoms. The average molecular weight is 281 g/mol. The van der Waals surface area contributed by atoms with Crippen molar-refractivity contribution in [2.45, 2.75) is 38.2 Å². The largest absolute Gasteiger partial charge is 0.493 e. The summed E-state index contributed by atoms with van der Waals surface area (Å²) in [4.78, 5) is 0. The lowest BCUT2D eigenvalue weighted by molar-refractivity contribution is -0.0338. The summed E-state index contributed by atoms with van der Waals surface area (Å²) >= 11 is 0. The lowest BCUT2D eigenvalue weighted by Gasteiger charge is -2.37. The summed E-state index contributed by atoms with van der Waals surface area (Å²) in [6.07, 6.45) is 2.55. The smallest absolute Gasteiger partial charge is 0.125 e. The zero-order valence-corrected chi connectivity index (χ0v) is 11.9. The number of ether oxygens (including phenoxy) is 2. The van der Waals surface area contributed by atoms with Crippen molar-refractivity contribution in [3.63, 3.8) is 0 Å². The molecule has 0 radical (unpaired) electrons. The van der Waals surface area contributed by atoms with Crippen molar-refractivity contribution >= 4 is 5.71 Å². The van der Waals surface area contributed by atoms with Gasteiger partial charge in [0.2, 0.25) is 0 Å². The molecule has 0 unspecified atom stereocenters. The third-order valence-corrected chi connectivity index (χ3v) is 3.90. The fourth-order valence-corrected chi connectivity index (χ4v) is 2.77. The van der Waals surface area contributed by atoms with Gasteiger partial charge in [-0.05, 0) is 50.8 Å². The third-order valence-electron chi connectivity index (χ3n) is 3.90. The van der Waals surface area contributed by atoms with Gasteiger partial charge in [-0.1, -0.05) is 5.16 Å². The van der Waals surface area contributed by atoms with E-state index in [0.29, 0.717) is 38.0 Å². The van der Waals surface area contributed by atoms with Gasteiger partial charge in [0, 0.05) is 12.7 Å². The Morgan fingerprint density at radius 1 is 1.35 bits per heavy atom. The summed E-state index contributed by atoms with van der Waals surface area (Å²) in [7, 11) is 1.63. The molecular weight excluding hydrogens is 261 g/mol. The van der Waals surface area contributed by atoms with Crippen LogP contribution < -0.4 is 4.74 Å². The lowest BCUT2D eigenvalue weighted by Crippen LogP contribution is -2.34. The highest BCUT2D eigenvalue weighted by molar-refractivity contribution is 5.85. The first-order valence-electron chi connectivity index (χ1n) is 6.83. The molecule has 0 atom stereocenters. The Balaban J connectivity index is 2.38. The van der Waals surface area contributed by atoms with Gasteiger partial charge in [0.05, 0.1) is 17.9 Å². The number of rotatable bonds is 4. The highest BCUT2D eigenvalue weighted by Gasteiger charge is 2.38. The number of oxime groups is 1. The molecule has 1 saturated carbocycles. The SMILES string of the molecule is CCOc1ccc(F)cc1C1(OC)CCC(=NO)CC1. The van der Waals surface area contributed by atoms with Crippen molar-refractivity contribution in [1.29, 1.82) is 0 Å².